The van der Waals surface area contributed by atoms with Crippen LogP contribution in [0.3, 0.4) is 0 Å². The third kappa shape index (κ3) is 5.98. The monoisotopic (exact) mass is 479 g/mol. The molecule has 1 fully saturated rings. The number of halogens is 6. The van der Waals surface area contributed by atoms with Crippen molar-refractivity contribution in [2.24, 2.45) is 0 Å². The number of aliphatic hydroxyl groups excluding tert-OH is 1. The lowest BCUT2D eigenvalue weighted by Gasteiger charge is -2.23. The fourth-order valence-electron chi connectivity index (χ4n) is 3.35. The quantitative estimate of drug-likeness (QED) is 0.514. The number of pyridine rings is 1. The number of rotatable bonds is 7. The molecule has 2 amide bonds. The van der Waals surface area contributed by atoms with Crippen LogP contribution in [0.2, 0.25) is 5.02 Å². The fourth-order valence-corrected chi connectivity index (χ4v) is 3.46. The van der Waals surface area contributed by atoms with Crippen LogP contribution in [0.1, 0.15) is 36.6 Å². The number of nitrogens with zero attached hydrogens (tertiary/aromatic N) is 1. The highest BCUT2D eigenvalue weighted by atomic mass is 35.5. The van der Waals surface area contributed by atoms with Crippen molar-refractivity contribution in [2.75, 3.05) is 0 Å². The standard InChI is InChI=1S/C20H19ClF5N3O3/c21-11-4-5-15(27-9-11)17(29-19(31)28-14-2-1-3-16(14)30)10-6-12(22)8-13(7-10)32-20(25,26)18(23)24/h4-9,14,16-18,30H,1-3H2,(H2,28,29,31)/t14-,16-,17+/m1/s1. The van der Waals surface area contributed by atoms with Gasteiger partial charge >= 0.3 is 18.6 Å². The van der Waals surface area contributed by atoms with Crippen LogP contribution in [0.4, 0.5) is 26.7 Å². The summed E-state index contributed by atoms with van der Waals surface area (Å²) in [7, 11) is 0. The Morgan fingerprint density at radius 3 is 2.59 bits per heavy atom. The molecule has 0 spiro atoms. The van der Waals surface area contributed by atoms with Gasteiger partial charge in [0.1, 0.15) is 11.6 Å². The van der Waals surface area contributed by atoms with Gasteiger partial charge in [0.25, 0.3) is 0 Å². The third-order valence-electron chi connectivity index (χ3n) is 4.85. The first-order chi connectivity index (χ1) is 15.0. The molecule has 6 nitrogen and oxygen atoms in total. The lowest BCUT2D eigenvalue weighted by atomic mass is 10.0. The van der Waals surface area contributed by atoms with Crippen LogP contribution >= 0.6 is 11.6 Å². The Hall–Kier alpha value is -2.66. The molecule has 174 valence electrons. The summed E-state index contributed by atoms with van der Waals surface area (Å²) in [6.45, 7) is 0. The summed E-state index contributed by atoms with van der Waals surface area (Å²) in [6, 6.07) is 2.78. The Morgan fingerprint density at radius 2 is 2.00 bits per heavy atom. The number of alkyl halides is 4. The molecule has 3 N–H and O–H groups in total. The normalized spacial score (nSPS) is 19.6. The molecule has 1 saturated carbocycles. The van der Waals surface area contributed by atoms with Gasteiger partial charge in [-0.25, -0.2) is 9.18 Å². The molecule has 1 aliphatic carbocycles. The van der Waals surface area contributed by atoms with Crippen LogP contribution in [-0.4, -0.2) is 40.8 Å². The summed E-state index contributed by atoms with van der Waals surface area (Å²) in [4.78, 5) is 16.6. The van der Waals surface area contributed by atoms with Gasteiger partial charge in [0.2, 0.25) is 0 Å². The zero-order chi connectivity index (χ0) is 23.5. The van der Waals surface area contributed by atoms with Gasteiger partial charge in [-0.15, -0.1) is 0 Å². The molecule has 2 aromatic rings. The van der Waals surface area contributed by atoms with E-state index in [1.165, 1.54) is 18.3 Å². The van der Waals surface area contributed by atoms with Crippen LogP contribution in [0.5, 0.6) is 5.75 Å². The maximum atomic E-state index is 14.1. The molecule has 1 aromatic carbocycles. The van der Waals surface area contributed by atoms with Gasteiger partial charge in [-0.05, 0) is 49.1 Å². The van der Waals surface area contributed by atoms with E-state index >= 15 is 0 Å². The average molecular weight is 480 g/mol. The summed E-state index contributed by atoms with van der Waals surface area (Å²) < 4.78 is 69.7. The van der Waals surface area contributed by atoms with Gasteiger partial charge in [0.05, 0.1) is 28.9 Å². The lowest BCUT2D eigenvalue weighted by molar-refractivity contribution is -0.253. The molecule has 12 heteroatoms. The fraction of sp³-hybridized carbons (Fsp3) is 0.400. The first-order valence-corrected chi connectivity index (χ1v) is 9.95. The van der Waals surface area contributed by atoms with Crippen molar-refractivity contribution < 1.29 is 36.6 Å². The minimum atomic E-state index is -4.84. The number of hydrogen-bond acceptors (Lipinski definition) is 4. The van der Waals surface area contributed by atoms with Crippen molar-refractivity contribution in [3.05, 3.63) is 58.6 Å². The summed E-state index contributed by atoms with van der Waals surface area (Å²) in [5.74, 6) is -1.92. The molecular formula is C20H19ClF5N3O3. The van der Waals surface area contributed by atoms with Crippen molar-refractivity contribution in [3.63, 3.8) is 0 Å². The van der Waals surface area contributed by atoms with Gasteiger partial charge in [-0.1, -0.05) is 11.6 Å². The van der Waals surface area contributed by atoms with Crippen LogP contribution in [0, 0.1) is 5.82 Å². The van der Waals surface area contributed by atoms with Gasteiger partial charge in [0, 0.05) is 12.3 Å². The van der Waals surface area contributed by atoms with Crippen molar-refractivity contribution in [1.82, 2.24) is 15.6 Å². The summed E-state index contributed by atoms with van der Waals surface area (Å²) in [6.07, 6.45) is -6.65. The molecule has 0 unspecified atom stereocenters. The predicted octanol–water partition coefficient (Wildman–Crippen LogP) is 4.41. The number of carbonyl (C=O) groups is 1. The molecule has 3 atom stereocenters. The van der Waals surface area contributed by atoms with E-state index in [0.29, 0.717) is 18.9 Å². The number of carbonyl (C=O) groups excluding carboxylic acids is 1. The van der Waals surface area contributed by atoms with Gasteiger partial charge in [0.15, 0.2) is 0 Å². The summed E-state index contributed by atoms with van der Waals surface area (Å²) in [5.41, 5.74) is 0.0655. The Kier molecular flexibility index (Phi) is 7.40. The third-order valence-corrected chi connectivity index (χ3v) is 5.08. The number of hydrogen-bond donors (Lipinski definition) is 3. The molecule has 0 bridgehead atoms. The van der Waals surface area contributed by atoms with Crippen LogP contribution in [-0.2, 0) is 0 Å². The molecular weight excluding hydrogens is 461 g/mol. The van der Waals surface area contributed by atoms with Gasteiger partial charge in [-0.3, -0.25) is 4.98 Å². The van der Waals surface area contributed by atoms with E-state index in [2.05, 4.69) is 20.4 Å². The largest absolute Gasteiger partial charge is 0.461 e. The highest BCUT2D eigenvalue weighted by Gasteiger charge is 2.44. The number of aliphatic hydroxyl groups is 1. The topological polar surface area (TPSA) is 83.5 Å². The first kappa shape index (κ1) is 24.0. The number of amides is 2. The molecule has 1 heterocycles. The first-order valence-electron chi connectivity index (χ1n) is 9.57. The molecule has 0 saturated heterocycles. The van der Waals surface area contributed by atoms with Crippen LogP contribution in [0.25, 0.3) is 0 Å². The van der Waals surface area contributed by atoms with E-state index in [1.807, 2.05) is 0 Å². The molecule has 1 aliphatic rings. The van der Waals surface area contributed by atoms with E-state index in [-0.39, 0.29) is 16.3 Å². The number of benzene rings is 1. The second kappa shape index (κ2) is 9.86. The summed E-state index contributed by atoms with van der Waals surface area (Å²) in [5, 5.41) is 15.3. The Labute approximate surface area is 184 Å². The van der Waals surface area contributed by atoms with Crippen molar-refractivity contribution >= 4 is 17.6 Å². The number of ether oxygens (including phenoxy) is 1. The molecule has 32 heavy (non-hydrogen) atoms. The number of nitrogens with one attached hydrogen (secondary N) is 2. The van der Waals surface area contributed by atoms with Crippen LogP contribution < -0.4 is 15.4 Å². The maximum Gasteiger partial charge on any atom is 0.461 e. The zero-order valence-electron chi connectivity index (χ0n) is 16.4. The average Bonchev–Trinajstić information content (AvgIpc) is 3.10. The van der Waals surface area contributed by atoms with Crippen molar-refractivity contribution in [3.8, 4) is 5.75 Å². The summed E-state index contributed by atoms with van der Waals surface area (Å²) >= 11 is 5.83. The molecule has 0 radical (unpaired) electrons. The van der Waals surface area contributed by atoms with E-state index in [1.54, 1.807) is 0 Å². The maximum absolute atomic E-state index is 14.1. The van der Waals surface area contributed by atoms with Crippen molar-refractivity contribution in [2.45, 2.75) is 50.0 Å². The highest BCUT2D eigenvalue weighted by molar-refractivity contribution is 6.30. The Morgan fingerprint density at radius 1 is 1.25 bits per heavy atom. The second-order valence-electron chi connectivity index (χ2n) is 7.24. The lowest BCUT2D eigenvalue weighted by Crippen LogP contribution is -2.46. The van der Waals surface area contributed by atoms with E-state index < -0.39 is 48.3 Å². The smallest absolute Gasteiger partial charge is 0.428 e. The highest BCUT2D eigenvalue weighted by Crippen LogP contribution is 2.31. The number of aromatic nitrogens is 1. The SMILES string of the molecule is O=C(N[C@@H](c1cc(F)cc(OC(F)(F)C(F)F)c1)c1ccc(Cl)cn1)N[C@@H]1CCC[C@H]1O. The second-order valence-corrected chi connectivity index (χ2v) is 7.68. The molecule has 1 aromatic heterocycles. The van der Waals surface area contributed by atoms with E-state index in [0.717, 1.165) is 18.6 Å². The van der Waals surface area contributed by atoms with Crippen molar-refractivity contribution in [1.29, 1.82) is 0 Å². The van der Waals surface area contributed by atoms with E-state index in [4.69, 9.17) is 11.6 Å². The molecule has 3 rings (SSSR count). The minimum Gasteiger partial charge on any atom is -0.428 e. The Bertz CT molecular complexity index is 949. The van der Waals surface area contributed by atoms with Crippen LogP contribution in [0.15, 0.2) is 36.5 Å². The molecule has 0 aliphatic heterocycles. The predicted molar refractivity (Wildman–Crippen MR) is 104 cm³/mol. The zero-order valence-corrected chi connectivity index (χ0v) is 17.1. The Balaban J connectivity index is 1.90. The minimum absolute atomic E-state index is 0.0954. The van der Waals surface area contributed by atoms with Gasteiger partial charge < -0.3 is 20.5 Å². The van der Waals surface area contributed by atoms with Gasteiger partial charge in [-0.2, -0.15) is 17.6 Å². The van der Waals surface area contributed by atoms with E-state index in [9.17, 15) is 31.9 Å². The number of urea groups is 1.